The third-order valence-electron chi connectivity index (χ3n) is 12.8. The summed E-state index contributed by atoms with van der Waals surface area (Å²) >= 11 is 0. The van der Waals surface area contributed by atoms with Crippen molar-refractivity contribution in [3.8, 4) is 0 Å². The quantitative estimate of drug-likeness (QED) is 0.0406. The molecule has 0 saturated carbocycles. The van der Waals surface area contributed by atoms with Crippen molar-refractivity contribution in [2.24, 2.45) is 0 Å². The predicted octanol–water partition coefficient (Wildman–Crippen LogP) is 8.83. The van der Waals surface area contributed by atoms with Crippen LogP contribution in [0.15, 0.2) is 121 Å². The molecular weight excluding hydrogens is 857 g/mol. The first-order chi connectivity index (χ1) is 30.7. The minimum atomic E-state index is -2.29. The van der Waals surface area contributed by atoms with Gasteiger partial charge in [-0.1, -0.05) is 163 Å². The summed E-state index contributed by atoms with van der Waals surface area (Å²) in [5.74, 6) is 0. The van der Waals surface area contributed by atoms with E-state index in [9.17, 15) is 20.4 Å². The molecule has 0 amide bonds. The van der Waals surface area contributed by atoms with Gasteiger partial charge in [-0.25, -0.2) is 0 Å². The highest BCUT2D eigenvalue weighted by Crippen LogP contribution is 2.38. The molecule has 0 bridgehead atoms. The number of hydrogen-bond acceptors (Lipinski definition) is 11. The van der Waals surface area contributed by atoms with Gasteiger partial charge in [0, 0.05) is 0 Å². The van der Waals surface area contributed by atoms with Gasteiger partial charge in [0.05, 0.1) is 52.9 Å². The molecule has 4 aromatic rings. The summed E-state index contributed by atoms with van der Waals surface area (Å²) in [5, 5.41) is 47.7. The summed E-state index contributed by atoms with van der Waals surface area (Å²) in [4.78, 5) is 0. The van der Waals surface area contributed by atoms with Crippen LogP contribution in [-0.4, -0.2) is 112 Å². The molecule has 8 atom stereocenters. The van der Waals surface area contributed by atoms with Gasteiger partial charge < -0.3 is 53.0 Å². The SMILES string of the molecule is CC(C)(C)[Si](C)(C)OC[C@@H](O)[C@@H](OCc1ccccc1)[C@H](OCc1ccccc1)[C@H](O)COC[C@@H](OCc1ccccc1)[C@@H](O)[C@H](O)[C@@H](CO[Si](C)(C)C(C)(C)C)OCc1ccccc1. The van der Waals surface area contributed by atoms with E-state index >= 15 is 0 Å². The maximum absolute atomic E-state index is 12.0. The monoisotopic (exact) mass is 935 g/mol. The van der Waals surface area contributed by atoms with Crippen molar-refractivity contribution in [3.63, 3.8) is 0 Å². The van der Waals surface area contributed by atoms with E-state index in [0.29, 0.717) is 0 Å². The lowest BCUT2D eigenvalue weighted by molar-refractivity contribution is -0.188. The standard InChI is InChI=1S/C52H78O11Si2/c1-51(2,3)64(7,8)62-36-44(54)50(61-34-42-29-21-14-22-30-42)49(60-33-41-27-19-13-20-28-41)43(53)35-57-37-45(58-31-39-23-15-11-16-24-39)47(55)48(56)46(38-63-65(9,10)52(4,5)6)59-32-40-25-17-12-18-26-40/h11-30,43-50,53-56H,31-38H2,1-10H3/t43-,44-,45-,46-,47-,48-,49-,50-/m1/s1. The fourth-order valence-electron chi connectivity index (χ4n) is 6.38. The van der Waals surface area contributed by atoms with E-state index < -0.39 is 65.5 Å². The molecule has 0 radical (unpaired) electrons. The molecule has 0 aromatic heterocycles. The lowest BCUT2D eigenvalue weighted by Gasteiger charge is -2.39. The Morgan fingerprint density at radius 2 is 0.692 bits per heavy atom. The number of aliphatic hydroxyl groups is 4. The first kappa shape index (κ1) is 54.5. The molecule has 0 aliphatic carbocycles. The van der Waals surface area contributed by atoms with E-state index in [0.717, 1.165) is 22.3 Å². The molecule has 4 N–H and O–H groups in total. The van der Waals surface area contributed by atoms with E-state index in [1.165, 1.54) is 0 Å². The van der Waals surface area contributed by atoms with Crippen LogP contribution in [0, 0.1) is 0 Å². The average Bonchev–Trinajstić information content (AvgIpc) is 3.28. The van der Waals surface area contributed by atoms with Gasteiger partial charge in [0.1, 0.15) is 48.8 Å². The Morgan fingerprint density at radius 3 is 1.03 bits per heavy atom. The topological polar surface area (TPSA) is 146 Å². The number of aliphatic hydroxyl groups excluding tert-OH is 4. The first-order valence-electron chi connectivity index (χ1n) is 22.9. The minimum absolute atomic E-state index is 0.0269. The Bertz CT molecular complexity index is 1880. The molecule has 13 heteroatoms. The second-order valence-electron chi connectivity index (χ2n) is 20.0. The molecule has 0 unspecified atom stereocenters. The molecule has 0 aliphatic rings. The number of benzene rings is 4. The molecule has 4 aromatic carbocycles. The van der Waals surface area contributed by atoms with Crippen LogP contribution in [0.1, 0.15) is 63.8 Å². The van der Waals surface area contributed by atoms with Crippen LogP contribution in [0.4, 0.5) is 0 Å². The van der Waals surface area contributed by atoms with Gasteiger partial charge in [-0.3, -0.25) is 0 Å². The van der Waals surface area contributed by atoms with Crippen LogP contribution < -0.4 is 0 Å². The zero-order chi connectivity index (χ0) is 47.7. The van der Waals surface area contributed by atoms with Gasteiger partial charge in [0.15, 0.2) is 16.6 Å². The Morgan fingerprint density at radius 1 is 0.400 bits per heavy atom. The Labute approximate surface area is 391 Å². The summed E-state index contributed by atoms with van der Waals surface area (Å²) < 4.78 is 44.8. The Kier molecular flexibility index (Phi) is 21.7. The summed E-state index contributed by atoms with van der Waals surface area (Å²) in [7, 11) is -4.58. The van der Waals surface area contributed by atoms with Gasteiger partial charge >= 0.3 is 0 Å². The third kappa shape index (κ3) is 17.8. The predicted molar refractivity (Wildman–Crippen MR) is 261 cm³/mol. The molecule has 0 spiro atoms. The van der Waals surface area contributed by atoms with Crippen LogP contribution in [-0.2, 0) is 59.0 Å². The number of hydrogen-bond donors (Lipinski definition) is 4. The second kappa shape index (κ2) is 25.9. The van der Waals surface area contributed by atoms with Crippen LogP contribution >= 0.6 is 0 Å². The molecule has 0 fully saturated rings. The fourth-order valence-corrected chi connectivity index (χ4v) is 8.41. The van der Waals surface area contributed by atoms with E-state index in [2.05, 4.69) is 67.7 Å². The molecular formula is C52H78O11Si2. The van der Waals surface area contributed by atoms with E-state index in [-0.39, 0.29) is 62.9 Å². The Balaban J connectivity index is 1.59. The molecule has 4 rings (SSSR count). The maximum atomic E-state index is 12.0. The normalized spacial score (nSPS) is 16.6. The molecule has 0 heterocycles. The van der Waals surface area contributed by atoms with Gasteiger partial charge in [-0.05, 0) is 58.5 Å². The largest absolute Gasteiger partial charge is 0.414 e. The highest BCUT2D eigenvalue weighted by atomic mass is 28.4. The fraction of sp³-hybridized carbons (Fsp3) is 0.538. The lowest BCUT2D eigenvalue weighted by atomic mass is 10.0. The minimum Gasteiger partial charge on any atom is -0.414 e. The zero-order valence-electron chi connectivity index (χ0n) is 40.5. The van der Waals surface area contributed by atoms with Crippen molar-refractivity contribution >= 4 is 16.6 Å². The van der Waals surface area contributed by atoms with E-state index in [1.807, 2.05) is 121 Å². The van der Waals surface area contributed by atoms with Crippen LogP contribution in [0.5, 0.6) is 0 Å². The third-order valence-corrected chi connectivity index (χ3v) is 21.8. The summed E-state index contributed by atoms with van der Waals surface area (Å²) in [5.41, 5.74) is 3.52. The summed E-state index contributed by atoms with van der Waals surface area (Å²) in [6, 6.07) is 38.4. The average molecular weight is 935 g/mol. The van der Waals surface area contributed by atoms with Crippen molar-refractivity contribution < 1.29 is 53.0 Å². The van der Waals surface area contributed by atoms with Gasteiger partial charge in [0.25, 0.3) is 0 Å². The van der Waals surface area contributed by atoms with Gasteiger partial charge in [-0.15, -0.1) is 0 Å². The smallest absolute Gasteiger partial charge is 0.192 e. The van der Waals surface area contributed by atoms with Crippen molar-refractivity contribution in [2.45, 2.75) is 153 Å². The lowest BCUT2D eigenvalue weighted by Crippen LogP contribution is -2.53. The zero-order valence-corrected chi connectivity index (χ0v) is 42.5. The highest BCUT2D eigenvalue weighted by molar-refractivity contribution is 6.74. The molecule has 11 nitrogen and oxygen atoms in total. The maximum Gasteiger partial charge on any atom is 0.192 e. The summed E-state index contributed by atoms with van der Waals surface area (Å²) in [6.07, 6.45) is -9.52. The van der Waals surface area contributed by atoms with Gasteiger partial charge in [0.2, 0.25) is 0 Å². The van der Waals surface area contributed by atoms with Crippen LogP contribution in [0.25, 0.3) is 0 Å². The van der Waals surface area contributed by atoms with E-state index in [1.54, 1.807) is 0 Å². The Hall–Kier alpha value is -3.13. The molecule has 65 heavy (non-hydrogen) atoms. The number of ether oxygens (including phenoxy) is 5. The highest BCUT2D eigenvalue weighted by Gasteiger charge is 2.42. The molecule has 360 valence electrons. The molecule has 0 aliphatic heterocycles. The second-order valence-corrected chi connectivity index (χ2v) is 29.6. The summed E-state index contributed by atoms with van der Waals surface area (Å²) in [6.45, 7) is 21.4. The van der Waals surface area contributed by atoms with Crippen molar-refractivity contribution in [1.82, 2.24) is 0 Å². The van der Waals surface area contributed by atoms with Crippen LogP contribution in [0.3, 0.4) is 0 Å². The van der Waals surface area contributed by atoms with Crippen molar-refractivity contribution in [3.05, 3.63) is 144 Å². The van der Waals surface area contributed by atoms with E-state index in [4.69, 9.17) is 32.5 Å². The first-order valence-corrected chi connectivity index (χ1v) is 28.7. The van der Waals surface area contributed by atoms with Crippen molar-refractivity contribution in [2.75, 3.05) is 26.4 Å². The van der Waals surface area contributed by atoms with Gasteiger partial charge in [-0.2, -0.15) is 0 Å². The van der Waals surface area contributed by atoms with Crippen molar-refractivity contribution in [1.29, 1.82) is 0 Å². The van der Waals surface area contributed by atoms with Crippen LogP contribution in [0.2, 0.25) is 36.3 Å². The number of rotatable bonds is 28. The molecule has 0 saturated heterocycles.